The van der Waals surface area contributed by atoms with Gasteiger partial charge in [0.25, 0.3) is 0 Å². The van der Waals surface area contributed by atoms with Crippen LogP contribution in [-0.4, -0.2) is 62.3 Å². The number of guanidine groups is 1. The van der Waals surface area contributed by atoms with Crippen molar-refractivity contribution in [3.05, 3.63) is 0 Å². The number of hydrogen-bond acceptors (Lipinski definition) is 3. The first-order chi connectivity index (χ1) is 9.70. The van der Waals surface area contributed by atoms with Crippen LogP contribution in [0.25, 0.3) is 0 Å². The molecule has 20 heavy (non-hydrogen) atoms. The monoisotopic (exact) mass is 282 g/mol. The van der Waals surface area contributed by atoms with Gasteiger partial charge in [-0.2, -0.15) is 0 Å². The fourth-order valence-corrected chi connectivity index (χ4v) is 2.55. The second-order valence-electron chi connectivity index (χ2n) is 5.98. The molecule has 2 atom stereocenters. The minimum Gasteiger partial charge on any atom is -0.376 e. The molecule has 5 heteroatoms. The van der Waals surface area contributed by atoms with E-state index in [2.05, 4.69) is 36.4 Å². The topological polar surface area (TPSA) is 48.9 Å². The Hall–Kier alpha value is -0.810. The van der Waals surface area contributed by atoms with Gasteiger partial charge in [-0.05, 0) is 46.6 Å². The van der Waals surface area contributed by atoms with Crippen molar-refractivity contribution in [1.82, 2.24) is 15.5 Å². The van der Waals surface area contributed by atoms with Crippen molar-refractivity contribution < 1.29 is 4.74 Å². The van der Waals surface area contributed by atoms with Gasteiger partial charge in [-0.3, -0.25) is 9.89 Å². The Kier molecular flexibility index (Phi) is 6.10. The van der Waals surface area contributed by atoms with Gasteiger partial charge in [0.1, 0.15) is 0 Å². The van der Waals surface area contributed by atoms with Gasteiger partial charge in [0.15, 0.2) is 5.96 Å². The molecule has 1 aliphatic carbocycles. The molecule has 0 bridgehead atoms. The number of hydrogen-bond donors (Lipinski definition) is 2. The van der Waals surface area contributed by atoms with Crippen LogP contribution in [0.15, 0.2) is 4.99 Å². The molecule has 2 N–H and O–H groups in total. The van der Waals surface area contributed by atoms with E-state index in [-0.39, 0.29) is 0 Å². The highest BCUT2D eigenvalue weighted by Crippen LogP contribution is 2.26. The second kappa shape index (κ2) is 7.84. The van der Waals surface area contributed by atoms with Gasteiger partial charge in [0.05, 0.1) is 12.6 Å². The highest BCUT2D eigenvalue weighted by molar-refractivity contribution is 5.79. The van der Waals surface area contributed by atoms with Crippen LogP contribution in [0.2, 0.25) is 0 Å². The van der Waals surface area contributed by atoms with Crippen molar-refractivity contribution in [2.24, 2.45) is 4.99 Å². The first-order valence-corrected chi connectivity index (χ1v) is 8.06. The van der Waals surface area contributed by atoms with Crippen LogP contribution in [0.1, 0.15) is 39.5 Å². The molecule has 0 aromatic carbocycles. The van der Waals surface area contributed by atoms with E-state index in [0.29, 0.717) is 12.1 Å². The van der Waals surface area contributed by atoms with Crippen molar-refractivity contribution >= 4 is 5.96 Å². The molecule has 1 aliphatic heterocycles. The molecule has 116 valence electrons. The lowest BCUT2D eigenvalue weighted by molar-refractivity contribution is 0.114. The van der Waals surface area contributed by atoms with E-state index in [1.54, 1.807) is 0 Å². The third-order valence-electron chi connectivity index (χ3n) is 4.20. The standard InChI is InChI=1S/C15H30N4O/c1-4-16-15(18-11-14-6-5-9-20-14)17-10-12(2)19(3)13-7-8-13/h12-14H,4-11H2,1-3H3,(H2,16,17,18). The van der Waals surface area contributed by atoms with Gasteiger partial charge in [-0.1, -0.05) is 0 Å². The van der Waals surface area contributed by atoms with E-state index in [1.807, 2.05) is 0 Å². The molecular formula is C15H30N4O. The number of nitrogens with one attached hydrogen (secondary N) is 2. The lowest BCUT2D eigenvalue weighted by atomic mass is 10.2. The Bertz CT molecular complexity index is 311. The summed E-state index contributed by atoms with van der Waals surface area (Å²) in [6.07, 6.45) is 5.39. The summed E-state index contributed by atoms with van der Waals surface area (Å²) in [5.41, 5.74) is 0. The van der Waals surface area contributed by atoms with E-state index in [4.69, 9.17) is 9.73 Å². The maximum atomic E-state index is 5.63. The van der Waals surface area contributed by atoms with Gasteiger partial charge in [-0.25, -0.2) is 0 Å². The molecule has 1 saturated heterocycles. The second-order valence-corrected chi connectivity index (χ2v) is 5.98. The first kappa shape index (κ1) is 15.6. The molecule has 5 nitrogen and oxygen atoms in total. The molecule has 0 spiro atoms. The van der Waals surface area contributed by atoms with Crippen molar-refractivity contribution in [3.8, 4) is 0 Å². The summed E-state index contributed by atoms with van der Waals surface area (Å²) >= 11 is 0. The van der Waals surface area contributed by atoms with E-state index >= 15 is 0 Å². The highest BCUT2D eigenvalue weighted by Gasteiger charge is 2.28. The molecule has 1 heterocycles. The number of aliphatic imine (C=N–C) groups is 1. The molecule has 2 rings (SSSR count). The lowest BCUT2D eigenvalue weighted by Crippen LogP contribution is -2.42. The van der Waals surface area contributed by atoms with Crippen molar-refractivity contribution in [2.45, 2.75) is 57.7 Å². The number of rotatable bonds is 7. The molecule has 2 unspecified atom stereocenters. The van der Waals surface area contributed by atoms with E-state index in [0.717, 1.165) is 44.7 Å². The molecular weight excluding hydrogens is 252 g/mol. The smallest absolute Gasteiger partial charge is 0.191 e. The van der Waals surface area contributed by atoms with Gasteiger partial charge in [-0.15, -0.1) is 0 Å². The largest absolute Gasteiger partial charge is 0.376 e. The molecule has 2 fully saturated rings. The summed E-state index contributed by atoms with van der Waals surface area (Å²) in [6, 6.07) is 1.29. The summed E-state index contributed by atoms with van der Waals surface area (Å²) < 4.78 is 5.63. The van der Waals surface area contributed by atoms with Crippen molar-refractivity contribution in [3.63, 3.8) is 0 Å². The predicted molar refractivity (Wildman–Crippen MR) is 83.2 cm³/mol. The minimum atomic E-state index is 0.352. The number of likely N-dealkylation sites (N-methyl/N-ethyl adjacent to an activating group) is 1. The van der Waals surface area contributed by atoms with Crippen LogP contribution in [-0.2, 0) is 4.74 Å². The summed E-state index contributed by atoms with van der Waals surface area (Å²) in [4.78, 5) is 7.15. The zero-order valence-corrected chi connectivity index (χ0v) is 13.2. The summed E-state index contributed by atoms with van der Waals surface area (Å²) in [5.74, 6) is 0.916. The average Bonchev–Trinajstić information content (AvgIpc) is 3.17. The molecule has 0 amide bonds. The maximum absolute atomic E-state index is 5.63. The lowest BCUT2D eigenvalue weighted by Gasteiger charge is -2.23. The number of ether oxygens (including phenoxy) is 1. The van der Waals surface area contributed by atoms with E-state index in [1.165, 1.54) is 19.3 Å². The van der Waals surface area contributed by atoms with E-state index in [9.17, 15) is 0 Å². The number of nitrogens with zero attached hydrogens (tertiary/aromatic N) is 2. The fraction of sp³-hybridized carbons (Fsp3) is 0.933. The van der Waals surface area contributed by atoms with Gasteiger partial charge in [0, 0.05) is 31.8 Å². The molecule has 2 aliphatic rings. The summed E-state index contributed by atoms with van der Waals surface area (Å²) in [7, 11) is 2.21. The maximum Gasteiger partial charge on any atom is 0.191 e. The Morgan fingerprint density at radius 1 is 1.35 bits per heavy atom. The predicted octanol–water partition coefficient (Wildman–Crippen LogP) is 1.20. The molecule has 1 saturated carbocycles. The van der Waals surface area contributed by atoms with Crippen LogP contribution in [0.5, 0.6) is 0 Å². The zero-order chi connectivity index (χ0) is 14.4. The molecule has 0 aromatic rings. The van der Waals surface area contributed by atoms with Crippen molar-refractivity contribution in [2.75, 3.05) is 33.3 Å². The third-order valence-corrected chi connectivity index (χ3v) is 4.20. The minimum absolute atomic E-state index is 0.352. The zero-order valence-electron chi connectivity index (χ0n) is 13.2. The molecule has 0 aromatic heterocycles. The SMILES string of the molecule is CCNC(=NCC(C)N(C)C1CC1)NCC1CCCO1. The summed E-state index contributed by atoms with van der Waals surface area (Å²) in [6.45, 7) is 7.86. The van der Waals surface area contributed by atoms with Crippen molar-refractivity contribution in [1.29, 1.82) is 0 Å². The molecule has 0 radical (unpaired) electrons. The average molecular weight is 282 g/mol. The van der Waals surface area contributed by atoms with Gasteiger partial charge < -0.3 is 15.4 Å². The fourth-order valence-electron chi connectivity index (χ4n) is 2.55. The van der Waals surface area contributed by atoms with Gasteiger partial charge in [0.2, 0.25) is 0 Å². The quantitative estimate of drug-likeness (QED) is 0.544. The third kappa shape index (κ3) is 4.94. The van der Waals surface area contributed by atoms with Crippen LogP contribution >= 0.6 is 0 Å². The van der Waals surface area contributed by atoms with Crippen LogP contribution in [0.4, 0.5) is 0 Å². The summed E-state index contributed by atoms with van der Waals surface area (Å²) in [5, 5.41) is 6.71. The van der Waals surface area contributed by atoms with E-state index < -0.39 is 0 Å². The van der Waals surface area contributed by atoms with Crippen LogP contribution in [0, 0.1) is 0 Å². The first-order valence-electron chi connectivity index (χ1n) is 8.06. The Morgan fingerprint density at radius 3 is 2.75 bits per heavy atom. The normalized spacial score (nSPS) is 25.0. The van der Waals surface area contributed by atoms with Gasteiger partial charge >= 0.3 is 0 Å². The highest BCUT2D eigenvalue weighted by atomic mass is 16.5. The Labute approximate surface area is 123 Å². The van der Waals surface area contributed by atoms with Crippen LogP contribution in [0.3, 0.4) is 0 Å². The Balaban J connectivity index is 1.74. The van der Waals surface area contributed by atoms with Crippen LogP contribution < -0.4 is 10.6 Å². The Morgan fingerprint density at radius 2 is 2.15 bits per heavy atom.